The molecule has 2 N–H and O–H groups in total. The van der Waals surface area contributed by atoms with Crippen LogP contribution in [0.3, 0.4) is 0 Å². The number of aromatic amines is 1. The fraction of sp³-hybridized carbons (Fsp3) is 0.333. The molecule has 2 aromatic rings. The third-order valence-corrected chi connectivity index (χ3v) is 3.84. The molecule has 0 spiro atoms. The van der Waals surface area contributed by atoms with Gasteiger partial charge in [0.2, 0.25) is 0 Å². The van der Waals surface area contributed by atoms with Gasteiger partial charge in [-0.2, -0.15) is 0 Å². The van der Waals surface area contributed by atoms with Gasteiger partial charge in [-0.3, -0.25) is 0 Å². The van der Waals surface area contributed by atoms with Crippen molar-refractivity contribution in [1.82, 2.24) is 9.97 Å². The summed E-state index contributed by atoms with van der Waals surface area (Å²) >= 11 is 1.62. The summed E-state index contributed by atoms with van der Waals surface area (Å²) < 4.78 is 0. The molecule has 90 valence electrons. The van der Waals surface area contributed by atoms with Crippen molar-refractivity contribution in [3.8, 4) is 11.3 Å². The zero-order chi connectivity index (χ0) is 12.4. The van der Waals surface area contributed by atoms with Crippen molar-refractivity contribution in [2.75, 3.05) is 0 Å². The Labute approximate surface area is 103 Å². The van der Waals surface area contributed by atoms with E-state index >= 15 is 0 Å². The smallest absolute Gasteiger partial charge is 0.352 e. The summed E-state index contributed by atoms with van der Waals surface area (Å²) in [5.41, 5.74) is 1.86. The van der Waals surface area contributed by atoms with Crippen LogP contribution < -0.4 is 0 Å². The fourth-order valence-electron chi connectivity index (χ4n) is 1.49. The van der Waals surface area contributed by atoms with Crippen molar-refractivity contribution in [2.45, 2.75) is 26.2 Å². The summed E-state index contributed by atoms with van der Waals surface area (Å²) in [5, 5.41) is 11.9. The van der Waals surface area contributed by atoms with Crippen LogP contribution in [-0.4, -0.2) is 21.0 Å². The minimum Gasteiger partial charge on any atom is -0.477 e. The standard InChI is InChI=1S/C12H14N2O2S/c1-3-7(2)11-14-10(6-17-11)8-4-9(12(15)16)13-5-8/h4-7,13H,3H2,1-2H3,(H,15,16). The average molecular weight is 250 g/mol. The lowest BCUT2D eigenvalue weighted by Gasteiger charge is -2.01. The van der Waals surface area contributed by atoms with E-state index < -0.39 is 5.97 Å². The Balaban J connectivity index is 2.27. The third-order valence-electron chi connectivity index (χ3n) is 2.77. The van der Waals surface area contributed by atoms with Gasteiger partial charge in [-0.25, -0.2) is 9.78 Å². The lowest BCUT2D eigenvalue weighted by molar-refractivity contribution is 0.0691. The van der Waals surface area contributed by atoms with Crippen LogP contribution in [0.4, 0.5) is 0 Å². The fourth-order valence-corrected chi connectivity index (χ4v) is 2.46. The Bertz CT molecular complexity index is 530. The minimum absolute atomic E-state index is 0.193. The summed E-state index contributed by atoms with van der Waals surface area (Å²) in [7, 11) is 0. The van der Waals surface area contributed by atoms with Gasteiger partial charge in [0, 0.05) is 23.1 Å². The van der Waals surface area contributed by atoms with E-state index in [9.17, 15) is 4.79 Å². The first-order chi connectivity index (χ1) is 8.11. The van der Waals surface area contributed by atoms with E-state index in [2.05, 4.69) is 23.8 Å². The molecule has 5 heteroatoms. The number of nitrogens with zero attached hydrogens (tertiary/aromatic N) is 1. The van der Waals surface area contributed by atoms with Gasteiger partial charge in [0.1, 0.15) is 5.69 Å². The van der Waals surface area contributed by atoms with Crippen molar-refractivity contribution in [1.29, 1.82) is 0 Å². The van der Waals surface area contributed by atoms with Crippen molar-refractivity contribution >= 4 is 17.3 Å². The lowest BCUT2D eigenvalue weighted by Crippen LogP contribution is -1.94. The number of carbonyl (C=O) groups is 1. The van der Waals surface area contributed by atoms with E-state index in [0.29, 0.717) is 5.92 Å². The van der Waals surface area contributed by atoms with Crippen molar-refractivity contribution in [3.05, 3.63) is 28.3 Å². The molecule has 2 rings (SSSR count). The Kier molecular flexibility index (Phi) is 3.28. The topological polar surface area (TPSA) is 66.0 Å². The number of carboxylic acids is 1. The van der Waals surface area contributed by atoms with Gasteiger partial charge >= 0.3 is 5.97 Å². The number of thiazole rings is 1. The molecule has 0 radical (unpaired) electrons. The predicted molar refractivity (Wildman–Crippen MR) is 67.6 cm³/mol. The van der Waals surface area contributed by atoms with Gasteiger partial charge in [-0.1, -0.05) is 13.8 Å². The number of nitrogens with one attached hydrogen (secondary N) is 1. The third kappa shape index (κ3) is 2.39. The second kappa shape index (κ2) is 4.71. The number of aromatic carboxylic acids is 1. The van der Waals surface area contributed by atoms with E-state index in [4.69, 9.17) is 5.11 Å². The SMILES string of the molecule is CCC(C)c1nc(-c2c[nH]c(C(=O)O)c2)cs1. The molecular formula is C12H14N2O2S. The normalized spacial score (nSPS) is 12.6. The van der Waals surface area contributed by atoms with Crippen LogP contribution in [0.1, 0.15) is 41.7 Å². The molecule has 0 amide bonds. The molecule has 0 aliphatic carbocycles. The highest BCUT2D eigenvalue weighted by atomic mass is 32.1. The lowest BCUT2D eigenvalue weighted by atomic mass is 10.1. The van der Waals surface area contributed by atoms with Gasteiger partial charge in [-0.15, -0.1) is 11.3 Å². The van der Waals surface area contributed by atoms with Gasteiger partial charge in [-0.05, 0) is 12.5 Å². The molecule has 1 unspecified atom stereocenters. The van der Waals surface area contributed by atoms with Crippen LogP contribution in [0.15, 0.2) is 17.6 Å². The molecule has 2 heterocycles. The van der Waals surface area contributed by atoms with Crippen LogP contribution in [-0.2, 0) is 0 Å². The Morgan fingerprint density at radius 3 is 3.00 bits per heavy atom. The molecule has 1 atom stereocenters. The first kappa shape index (κ1) is 11.9. The van der Waals surface area contributed by atoms with Crippen molar-refractivity contribution in [3.63, 3.8) is 0 Å². The summed E-state index contributed by atoms with van der Waals surface area (Å²) in [5.74, 6) is -0.500. The average Bonchev–Trinajstić information content (AvgIpc) is 2.95. The Hall–Kier alpha value is -1.62. The summed E-state index contributed by atoms with van der Waals surface area (Å²) in [6.07, 6.45) is 2.74. The van der Waals surface area contributed by atoms with E-state index in [1.165, 1.54) is 0 Å². The molecule has 4 nitrogen and oxygen atoms in total. The maximum absolute atomic E-state index is 10.8. The molecule has 0 aliphatic heterocycles. The number of carboxylic acid groups (broad SMARTS) is 1. The number of hydrogen-bond donors (Lipinski definition) is 2. The zero-order valence-corrected chi connectivity index (χ0v) is 10.5. The summed E-state index contributed by atoms with van der Waals surface area (Å²) in [4.78, 5) is 18.0. The first-order valence-electron chi connectivity index (χ1n) is 5.49. The molecule has 0 aromatic carbocycles. The van der Waals surface area contributed by atoms with E-state index in [1.54, 1.807) is 23.6 Å². The molecule has 0 fully saturated rings. The highest BCUT2D eigenvalue weighted by molar-refractivity contribution is 7.10. The second-order valence-corrected chi connectivity index (χ2v) is 4.88. The monoisotopic (exact) mass is 250 g/mol. The number of aromatic nitrogens is 2. The molecule has 2 aromatic heterocycles. The largest absolute Gasteiger partial charge is 0.477 e. The van der Waals surface area contributed by atoms with Crippen LogP contribution >= 0.6 is 11.3 Å². The zero-order valence-electron chi connectivity index (χ0n) is 9.73. The maximum Gasteiger partial charge on any atom is 0.352 e. The highest BCUT2D eigenvalue weighted by Crippen LogP contribution is 2.28. The summed E-state index contributed by atoms with van der Waals surface area (Å²) in [6, 6.07) is 1.61. The minimum atomic E-state index is -0.950. The highest BCUT2D eigenvalue weighted by Gasteiger charge is 2.12. The Morgan fingerprint density at radius 2 is 2.41 bits per heavy atom. The van der Waals surface area contributed by atoms with Crippen LogP contribution in [0.2, 0.25) is 0 Å². The number of H-pyrrole nitrogens is 1. The van der Waals surface area contributed by atoms with Crippen molar-refractivity contribution in [2.24, 2.45) is 0 Å². The molecule has 0 aliphatic rings. The van der Waals surface area contributed by atoms with Crippen LogP contribution in [0.25, 0.3) is 11.3 Å². The van der Waals surface area contributed by atoms with Crippen LogP contribution in [0, 0.1) is 0 Å². The molecule has 0 saturated heterocycles. The van der Waals surface area contributed by atoms with E-state index in [0.717, 1.165) is 22.7 Å². The van der Waals surface area contributed by atoms with Gasteiger partial charge < -0.3 is 10.1 Å². The van der Waals surface area contributed by atoms with Crippen LogP contribution in [0.5, 0.6) is 0 Å². The maximum atomic E-state index is 10.8. The molecular weight excluding hydrogens is 236 g/mol. The number of hydrogen-bond acceptors (Lipinski definition) is 3. The van der Waals surface area contributed by atoms with E-state index in [-0.39, 0.29) is 5.69 Å². The second-order valence-electron chi connectivity index (χ2n) is 3.99. The first-order valence-corrected chi connectivity index (χ1v) is 6.37. The molecule has 0 bridgehead atoms. The van der Waals surface area contributed by atoms with Crippen molar-refractivity contribution < 1.29 is 9.90 Å². The number of rotatable bonds is 4. The van der Waals surface area contributed by atoms with Gasteiger partial charge in [0.25, 0.3) is 0 Å². The molecule has 17 heavy (non-hydrogen) atoms. The van der Waals surface area contributed by atoms with E-state index in [1.807, 2.05) is 5.38 Å². The quantitative estimate of drug-likeness (QED) is 0.874. The van der Waals surface area contributed by atoms with Gasteiger partial charge in [0.15, 0.2) is 0 Å². The predicted octanol–water partition coefficient (Wildman–Crippen LogP) is 3.35. The molecule has 0 saturated carbocycles. The summed E-state index contributed by atoms with van der Waals surface area (Å²) in [6.45, 7) is 4.27. The van der Waals surface area contributed by atoms with Gasteiger partial charge in [0.05, 0.1) is 10.7 Å². The Morgan fingerprint density at radius 1 is 1.65 bits per heavy atom.